The van der Waals surface area contributed by atoms with Crippen LogP contribution >= 0.6 is 0 Å². The van der Waals surface area contributed by atoms with Gasteiger partial charge in [-0.25, -0.2) is 9.97 Å². The first-order valence-electron chi connectivity index (χ1n) is 13.4. The SMILES string of the molecule is [Li+].[O-]c1c(-c2c3ccccc3cc3ccc(-c4nc5ccccc5n4-c4ccccc4)cc23)ccc2ccc[nH+]c12. The van der Waals surface area contributed by atoms with Gasteiger partial charge in [-0.3, -0.25) is 4.57 Å². The molecule has 5 heteroatoms. The fourth-order valence-corrected chi connectivity index (χ4v) is 5.91. The van der Waals surface area contributed by atoms with Crippen LogP contribution in [0.3, 0.4) is 0 Å². The Hall–Kier alpha value is -4.88. The molecule has 0 aliphatic carbocycles. The molecule has 4 nitrogen and oxygen atoms in total. The first-order valence-corrected chi connectivity index (χ1v) is 13.4. The van der Waals surface area contributed by atoms with E-state index in [0.29, 0.717) is 11.1 Å². The van der Waals surface area contributed by atoms with Gasteiger partial charge in [0.15, 0.2) is 6.20 Å². The molecule has 0 unspecified atom stereocenters. The second-order valence-corrected chi connectivity index (χ2v) is 10.1. The summed E-state index contributed by atoms with van der Waals surface area (Å²) in [4.78, 5) is 8.26. The maximum Gasteiger partial charge on any atom is 1.00 e. The normalized spacial score (nSPS) is 11.3. The number of nitrogens with one attached hydrogen (secondary N) is 1. The molecule has 8 aromatic rings. The number of hydrogen-bond donors (Lipinski definition) is 0. The van der Waals surface area contributed by atoms with Gasteiger partial charge in [-0.2, -0.15) is 0 Å². The molecule has 0 radical (unpaired) electrons. The van der Waals surface area contributed by atoms with E-state index in [1.165, 1.54) is 0 Å². The van der Waals surface area contributed by atoms with Crippen LogP contribution in [0.5, 0.6) is 5.75 Å². The van der Waals surface area contributed by atoms with Crippen molar-refractivity contribution in [1.29, 1.82) is 0 Å². The van der Waals surface area contributed by atoms with Crippen LogP contribution in [0.4, 0.5) is 0 Å². The number of imidazole rings is 1. The number of aromatic nitrogens is 3. The van der Waals surface area contributed by atoms with E-state index < -0.39 is 0 Å². The molecule has 0 saturated heterocycles. The van der Waals surface area contributed by atoms with Gasteiger partial charge >= 0.3 is 18.9 Å². The molecule has 0 fully saturated rings. The molecule has 41 heavy (non-hydrogen) atoms. The number of aromatic amines is 1. The maximum atomic E-state index is 13.9. The summed E-state index contributed by atoms with van der Waals surface area (Å²) < 4.78 is 2.21. The number of H-pyrrole nitrogens is 1. The van der Waals surface area contributed by atoms with Crippen molar-refractivity contribution in [1.82, 2.24) is 9.55 Å². The van der Waals surface area contributed by atoms with E-state index in [-0.39, 0.29) is 24.6 Å². The van der Waals surface area contributed by atoms with Crippen molar-refractivity contribution in [3.05, 3.63) is 134 Å². The molecule has 2 aromatic heterocycles. The third kappa shape index (κ3) is 4.00. The Bertz CT molecular complexity index is 2240. The Labute approximate surface area is 248 Å². The van der Waals surface area contributed by atoms with E-state index in [2.05, 4.69) is 64.1 Å². The van der Waals surface area contributed by atoms with Crippen molar-refractivity contribution in [2.75, 3.05) is 0 Å². The Morgan fingerprint density at radius 1 is 0.634 bits per heavy atom. The number of fused-ring (bicyclic) bond motifs is 4. The van der Waals surface area contributed by atoms with Gasteiger partial charge in [0.1, 0.15) is 5.82 Å². The molecule has 0 atom stereocenters. The van der Waals surface area contributed by atoms with Gasteiger partial charge in [-0.05, 0) is 87.0 Å². The van der Waals surface area contributed by atoms with Gasteiger partial charge < -0.3 is 5.11 Å². The Morgan fingerprint density at radius 2 is 1.37 bits per heavy atom. The van der Waals surface area contributed by atoms with Crippen molar-refractivity contribution in [3.8, 4) is 34.0 Å². The molecule has 0 aliphatic heterocycles. The topological polar surface area (TPSA) is 55.0 Å². The summed E-state index contributed by atoms with van der Waals surface area (Å²) in [6.07, 6.45) is 1.81. The van der Waals surface area contributed by atoms with Crippen molar-refractivity contribution in [3.63, 3.8) is 0 Å². The predicted octanol–water partition coefficient (Wildman–Crippen LogP) is 4.71. The third-order valence-corrected chi connectivity index (χ3v) is 7.76. The van der Waals surface area contributed by atoms with E-state index in [4.69, 9.17) is 4.98 Å². The van der Waals surface area contributed by atoms with Crippen molar-refractivity contribution < 1.29 is 29.0 Å². The summed E-state index contributed by atoms with van der Waals surface area (Å²) in [6, 6.07) is 43.4. The largest absolute Gasteiger partial charge is 1.00 e. The Kier molecular flexibility index (Phi) is 6.09. The van der Waals surface area contributed by atoms with Crippen LogP contribution in [0.1, 0.15) is 0 Å². The molecule has 188 valence electrons. The first-order chi connectivity index (χ1) is 19.8. The molecule has 0 spiro atoms. The quantitative estimate of drug-likeness (QED) is 0.250. The molecule has 8 rings (SSSR count). The predicted molar refractivity (Wildman–Crippen MR) is 160 cm³/mol. The smallest absolute Gasteiger partial charge is 0.868 e. The molecule has 6 aromatic carbocycles. The fraction of sp³-hybridized carbons (Fsp3) is 0. The zero-order chi connectivity index (χ0) is 26.6. The summed E-state index contributed by atoms with van der Waals surface area (Å²) in [7, 11) is 0. The molecule has 2 heterocycles. The first kappa shape index (κ1) is 25.1. The molecular weight excluding hydrogens is 497 g/mol. The summed E-state index contributed by atoms with van der Waals surface area (Å²) in [6.45, 7) is 0. The van der Waals surface area contributed by atoms with Gasteiger partial charge in [0.2, 0.25) is 5.52 Å². The monoisotopic (exact) mass is 520 g/mol. The summed E-state index contributed by atoms with van der Waals surface area (Å²) >= 11 is 0. The van der Waals surface area contributed by atoms with Crippen LogP contribution in [0.25, 0.3) is 71.7 Å². The minimum atomic E-state index is -0.00215. The molecule has 1 N–H and O–H groups in total. The van der Waals surface area contributed by atoms with Crippen LogP contribution in [0.15, 0.2) is 134 Å². The van der Waals surface area contributed by atoms with Gasteiger partial charge in [-0.15, -0.1) is 0 Å². The van der Waals surface area contributed by atoms with Crippen molar-refractivity contribution in [2.24, 2.45) is 0 Å². The Balaban J connectivity index is 0.00000276. The number of hydrogen-bond acceptors (Lipinski definition) is 2. The van der Waals surface area contributed by atoms with Crippen LogP contribution in [0, 0.1) is 0 Å². The Morgan fingerprint density at radius 3 is 2.27 bits per heavy atom. The fourth-order valence-electron chi connectivity index (χ4n) is 5.91. The number of pyridine rings is 1. The minimum Gasteiger partial charge on any atom is -0.868 e. The van der Waals surface area contributed by atoms with Gasteiger partial charge in [0.05, 0.1) is 11.0 Å². The molecule has 0 bridgehead atoms. The van der Waals surface area contributed by atoms with E-state index in [9.17, 15) is 5.11 Å². The molecule has 0 aliphatic rings. The number of nitrogens with zero attached hydrogens (tertiary/aromatic N) is 2. The zero-order valence-electron chi connectivity index (χ0n) is 22.5. The average molecular weight is 521 g/mol. The van der Waals surface area contributed by atoms with Gasteiger partial charge in [0, 0.05) is 22.7 Å². The van der Waals surface area contributed by atoms with Gasteiger partial charge in [0.25, 0.3) is 0 Å². The zero-order valence-corrected chi connectivity index (χ0v) is 22.5. The number of para-hydroxylation sites is 3. The molecule has 0 amide bonds. The number of rotatable bonds is 3. The van der Waals surface area contributed by atoms with Crippen molar-refractivity contribution in [2.45, 2.75) is 0 Å². The second-order valence-electron chi connectivity index (χ2n) is 10.1. The van der Waals surface area contributed by atoms with Crippen LogP contribution in [0.2, 0.25) is 0 Å². The standard InChI is InChI=1S/C36H23N3O.Li/c40-35-29(19-18-23-10-8-20-37-34(23)35)33-28-13-5-4-9-24(28)21-25-16-17-26(22-30(25)33)36-38-31-14-6-7-15-32(31)39(36)27-11-2-1-3-12-27;/h1-22,40H;/q;+1. The van der Waals surface area contributed by atoms with Crippen LogP contribution in [-0.4, -0.2) is 9.55 Å². The van der Waals surface area contributed by atoms with E-state index in [1.807, 2.05) is 72.8 Å². The van der Waals surface area contributed by atoms with Crippen molar-refractivity contribution >= 4 is 43.5 Å². The van der Waals surface area contributed by atoms with E-state index in [0.717, 1.165) is 60.6 Å². The minimum absolute atomic E-state index is 0. The molecule has 0 saturated carbocycles. The maximum absolute atomic E-state index is 13.9. The molecular formula is C36H23LiN3O+. The van der Waals surface area contributed by atoms with Crippen LogP contribution in [-0.2, 0) is 0 Å². The summed E-state index contributed by atoms with van der Waals surface area (Å²) in [5.74, 6) is 0.861. The summed E-state index contributed by atoms with van der Waals surface area (Å²) in [5.41, 5.74) is 6.28. The van der Waals surface area contributed by atoms with E-state index >= 15 is 0 Å². The second kappa shape index (κ2) is 9.94. The average Bonchev–Trinajstić information content (AvgIpc) is 3.40. The van der Waals surface area contributed by atoms with Gasteiger partial charge in [-0.1, -0.05) is 72.8 Å². The summed E-state index contributed by atoms with van der Waals surface area (Å²) in [5, 5.41) is 19.0. The van der Waals surface area contributed by atoms with E-state index in [1.54, 1.807) is 6.20 Å². The number of benzene rings is 6. The van der Waals surface area contributed by atoms with Crippen LogP contribution < -0.4 is 29.0 Å². The third-order valence-electron chi connectivity index (χ3n) is 7.76.